The lowest BCUT2D eigenvalue weighted by Gasteiger charge is -2.26. The molecule has 0 aliphatic heterocycles. The SMILES string of the molecule is CCC1(C(=O)NCCNCCOC)CCCC1.Cl. The van der Waals surface area contributed by atoms with Crippen LogP contribution in [-0.2, 0) is 9.53 Å². The van der Waals surface area contributed by atoms with Gasteiger partial charge in [0.15, 0.2) is 0 Å². The topological polar surface area (TPSA) is 50.4 Å². The zero-order chi connectivity index (χ0) is 12.6. The summed E-state index contributed by atoms with van der Waals surface area (Å²) in [4.78, 5) is 12.1. The van der Waals surface area contributed by atoms with Gasteiger partial charge in [0.1, 0.15) is 0 Å². The summed E-state index contributed by atoms with van der Waals surface area (Å²) in [6, 6.07) is 0. The second kappa shape index (κ2) is 9.59. The molecule has 5 heteroatoms. The number of hydrogen-bond donors (Lipinski definition) is 2. The Kier molecular flexibility index (Phi) is 9.42. The molecule has 18 heavy (non-hydrogen) atoms. The van der Waals surface area contributed by atoms with Crippen LogP contribution >= 0.6 is 12.4 Å². The average Bonchev–Trinajstić information content (AvgIpc) is 2.83. The van der Waals surface area contributed by atoms with Gasteiger partial charge in [-0.2, -0.15) is 0 Å². The van der Waals surface area contributed by atoms with E-state index in [9.17, 15) is 4.79 Å². The number of methoxy groups -OCH3 is 1. The van der Waals surface area contributed by atoms with Gasteiger partial charge >= 0.3 is 0 Å². The Morgan fingerprint density at radius 3 is 2.44 bits per heavy atom. The first-order valence-electron chi connectivity index (χ1n) is 6.73. The molecule has 1 rings (SSSR count). The summed E-state index contributed by atoms with van der Waals surface area (Å²) in [5.74, 6) is 0.256. The Bertz CT molecular complexity index is 231. The quantitative estimate of drug-likeness (QED) is 0.665. The van der Waals surface area contributed by atoms with Crippen LogP contribution in [0, 0.1) is 5.41 Å². The Morgan fingerprint density at radius 1 is 1.22 bits per heavy atom. The van der Waals surface area contributed by atoms with E-state index in [0.717, 1.165) is 32.4 Å². The highest BCUT2D eigenvalue weighted by atomic mass is 35.5. The molecule has 0 saturated heterocycles. The van der Waals surface area contributed by atoms with Crippen LogP contribution in [-0.4, -0.2) is 39.3 Å². The highest BCUT2D eigenvalue weighted by Gasteiger charge is 2.38. The maximum Gasteiger partial charge on any atom is 0.226 e. The van der Waals surface area contributed by atoms with E-state index in [1.807, 2.05) is 0 Å². The normalized spacial score (nSPS) is 17.2. The first-order valence-corrected chi connectivity index (χ1v) is 6.73. The van der Waals surface area contributed by atoms with E-state index < -0.39 is 0 Å². The van der Waals surface area contributed by atoms with Crippen molar-refractivity contribution < 1.29 is 9.53 Å². The van der Waals surface area contributed by atoms with Crippen molar-refractivity contribution in [3.8, 4) is 0 Å². The van der Waals surface area contributed by atoms with Gasteiger partial charge in [0.2, 0.25) is 5.91 Å². The highest BCUT2D eigenvalue weighted by molar-refractivity contribution is 5.85. The van der Waals surface area contributed by atoms with Crippen LogP contribution in [0.3, 0.4) is 0 Å². The minimum absolute atomic E-state index is 0. The second-order valence-electron chi connectivity index (χ2n) is 4.84. The zero-order valence-electron chi connectivity index (χ0n) is 11.6. The van der Waals surface area contributed by atoms with E-state index >= 15 is 0 Å². The van der Waals surface area contributed by atoms with Crippen molar-refractivity contribution in [1.29, 1.82) is 0 Å². The van der Waals surface area contributed by atoms with Crippen LogP contribution in [0.1, 0.15) is 39.0 Å². The van der Waals surface area contributed by atoms with Gasteiger partial charge in [-0.3, -0.25) is 4.79 Å². The number of rotatable bonds is 8. The molecule has 1 aliphatic carbocycles. The Labute approximate surface area is 117 Å². The molecule has 0 bridgehead atoms. The number of ether oxygens (including phenoxy) is 1. The number of carbonyl (C=O) groups is 1. The number of hydrogen-bond acceptors (Lipinski definition) is 3. The molecule has 1 saturated carbocycles. The molecule has 0 atom stereocenters. The largest absolute Gasteiger partial charge is 0.383 e. The van der Waals surface area contributed by atoms with Crippen molar-refractivity contribution >= 4 is 18.3 Å². The third-order valence-corrected chi connectivity index (χ3v) is 3.79. The van der Waals surface area contributed by atoms with E-state index in [1.54, 1.807) is 7.11 Å². The van der Waals surface area contributed by atoms with E-state index in [1.165, 1.54) is 12.8 Å². The third-order valence-electron chi connectivity index (χ3n) is 3.79. The minimum atomic E-state index is -0.0630. The lowest BCUT2D eigenvalue weighted by Crippen LogP contribution is -2.41. The summed E-state index contributed by atoms with van der Waals surface area (Å²) in [7, 11) is 1.69. The van der Waals surface area contributed by atoms with Gasteiger partial charge in [0.25, 0.3) is 0 Å². The summed E-state index contributed by atoms with van der Waals surface area (Å²) in [6.45, 7) is 5.21. The first-order chi connectivity index (χ1) is 8.25. The van der Waals surface area contributed by atoms with E-state index in [2.05, 4.69) is 17.6 Å². The molecule has 108 valence electrons. The molecule has 1 amide bonds. The van der Waals surface area contributed by atoms with Gasteiger partial charge in [-0.1, -0.05) is 19.8 Å². The fourth-order valence-corrected chi connectivity index (χ4v) is 2.54. The fourth-order valence-electron chi connectivity index (χ4n) is 2.54. The molecule has 2 N–H and O–H groups in total. The molecule has 0 aromatic carbocycles. The van der Waals surface area contributed by atoms with Crippen LogP contribution in [0.2, 0.25) is 0 Å². The van der Waals surface area contributed by atoms with Crippen LogP contribution < -0.4 is 10.6 Å². The predicted octanol–water partition coefficient (Wildman–Crippen LogP) is 1.73. The Balaban J connectivity index is 0.00000289. The van der Waals surface area contributed by atoms with Crippen molar-refractivity contribution in [1.82, 2.24) is 10.6 Å². The number of nitrogens with one attached hydrogen (secondary N) is 2. The van der Waals surface area contributed by atoms with Gasteiger partial charge in [0.05, 0.1) is 6.61 Å². The van der Waals surface area contributed by atoms with E-state index in [0.29, 0.717) is 13.2 Å². The maximum absolute atomic E-state index is 12.1. The van der Waals surface area contributed by atoms with Crippen LogP contribution in [0.5, 0.6) is 0 Å². The molecule has 0 radical (unpaired) electrons. The monoisotopic (exact) mass is 278 g/mol. The lowest BCUT2D eigenvalue weighted by molar-refractivity contribution is -0.130. The third kappa shape index (κ3) is 5.12. The standard InChI is InChI=1S/C13H26N2O2.ClH/c1-3-13(6-4-5-7-13)12(16)15-9-8-14-10-11-17-2;/h14H,3-11H2,1-2H3,(H,15,16);1H. The molecule has 1 aliphatic rings. The van der Waals surface area contributed by atoms with E-state index in [-0.39, 0.29) is 23.7 Å². The molecule has 1 fully saturated rings. The smallest absolute Gasteiger partial charge is 0.226 e. The molecule has 0 heterocycles. The van der Waals surface area contributed by atoms with Gasteiger partial charge in [-0.25, -0.2) is 0 Å². The fraction of sp³-hybridized carbons (Fsp3) is 0.923. The van der Waals surface area contributed by atoms with E-state index in [4.69, 9.17) is 4.74 Å². The number of amides is 1. The summed E-state index contributed by atoms with van der Waals surface area (Å²) < 4.78 is 4.93. The van der Waals surface area contributed by atoms with Crippen molar-refractivity contribution in [3.05, 3.63) is 0 Å². The van der Waals surface area contributed by atoms with Crippen LogP contribution in [0.4, 0.5) is 0 Å². The minimum Gasteiger partial charge on any atom is -0.383 e. The summed E-state index contributed by atoms with van der Waals surface area (Å²) in [6.07, 6.45) is 5.50. The molecule has 0 aromatic rings. The lowest BCUT2D eigenvalue weighted by atomic mass is 9.82. The van der Waals surface area contributed by atoms with Crippen molar-refractivity contribution in [2.45, 2.75) is 39.0 Å². The van der Waals surface area contributed by atoms with Crippen molar-refractivity contribution in [3.63, 3.8) is 0 Å². The first kappa shape index (κ1) is 17.7. The molecule has 0 unspecified atom stereocenters. The zero-order valence-corrected chi connectivity index (χ0v) is 12.4. The Morgan fingerprint density at radius 2 is 1.89 bits per heavy atom. The summed E-state index contributed by atoms with van der Waals surface area (Å²) >= 11 is 0. The summed E-state index contributed by atoms with van der Waals surface area (Å²) in [5.41, 5.74) is -0.0630. The van der Waals surface area contributed by atoms with Crippen molar-refractivity contribution in [2.75, 3.05) is 33.4 Å². The van der Waals surface area contributed by atoms with Crippen LogP contribution in [0.25, 0.3) is 0 Å². The average molecular weight is 279 g/mol. The predicted molar refractivity (Wildman–Crippen MR) is 76.2 cm³/mol. The number of carbonyl (C=O) groups excluding carboxylic acids is 1. The molecular weight excluding hydrogens is 252 g/mol. The van der Waals surface area contributed by atoms with Crippen molar-refractivity contribution in [2.24, 2.45) is 5.41 Å². The second-order valence-corrected chi connectivity index (χ2v) is 4.84. The van der Waals surface area contributed by atoms with Gasteiger partial charge in [-0.05, 0) is 19.3 Å². The molecule has 0 aromatic heterocycles. The van der Waals surface area contributed by atoms with Gasteiger partial charge in [0, 0.05) is 32.2 Å². The van der Waals surface area contributed by atoms with Gasteiger partial charge < -0.3 is 15.4 Å². The highest BCUT2D eigenvalue weighted by Crippen LogP contribution is 2.40. The molecule has 4 nitrogen and oxygen atoms in total. The maximum atomic E-state index is 12.1. The number of halogens is 1. The molecule has 0 spiro atoms. The summed E-state index contributed by atoms with van der Waals surface area (Å²) in [5, 5.41) is 6.27. The molecular formula is C13H27ClN2O2. The Hall–Kier alpha value is -0.320. The van der Waals surface area contributed by atoms with Crippen LogP contribution in [0.15, 0.2) is 0 Å². The van der Waals surface area contributed by atoms with Gasteiger partial charge in [-0.15, -0.1) is 12.4 Å².